The highest BCUT2D eigenvalue weighted by molar-refractivity contribution is 7.92. The molecule has 0 saturated carbocycles. The van der Waals surface area contributed by atoms with Crippen LogP contribution in [-0.4, -0.2) is 43.9 Å². The van der Waals surface area contributed by atoms with Gasteiger partial charge in [0.2, 0.25) is 0 Å². The van der Waals surface area contributed by atoms with Crippen LogP contribution in [0.3, 0.4) is 0 Å². The second-order valence-corrected chi connectivity index (χ2v) is 11.6. The van der Waals surface area contributed by atoms with Gasteiger partial charge < -0.3 is 5.11 Å². The van der Waals surface area contributed by atoms with Crippen LogP contribution in [0, 0.1) is 11.6 Å². The van der Waals surface area contributed by atoms with Crippen molar-refractivity contribution in [2.45, 2.75) is 40.6 Å². The monoisotopic (exact) mass is 579 g/mol. The third-order valence-corrected chi connectivity index (χ3v) is 9.39. The van der Waals surface area contributed by atoms with Crippen LogP contribution in [-0.2, 0) is 26.7 Å². The molecule has 3 aromatic rings. The van der Waals surface area contributed by atoms with E-state index in [1.807, 2.05) is 0 Å². The maximum absolute atomic E-state index is 15.1. The molecule has 1 aliphatic heterocycles. The summed E-state index contributed by atoms with van der Waals surface area (Å²) >= 11 is 0. The molecule has 4 nitrogen and oxygen atoms in total. The van der Waals surface area contributed by atoms with Crippen molar-refractivity contribution in [2.24, 2.45) is 0 Å². The third kappa shape index (κ3) is 4.91. The highest BCUT2D eigenvalue weighted by Gasteiger charge is 2.72. The van der Waals surface area contributed by atoms with Crippen LogP contribution >= 0.6 is 0 Å². The normalized spacial score (nSPS) is 19.4. The van der Waals surface area contributed by atoms with Gasteiger partial charge in [-0.15, -0.1) is 0 Å². The summed E-state index contributed by atoms with van der Waals surface area (Å²) in [6.07, 6.45) is -12.8. The lowest BCUT2D eigenvalue weighted by Crippen LogP contribution is -2.54. The lowest BCUT2D eigenvalue weighted by Gasteiger charge is -2.34. The number of aliphatic hydroxyl groups is 1. The first kappa shape index (κ1) is 29.0. The van der Waals surface area contributed by atoms with Gasteiger partial charge in [-0.05, 0) is 47.9 Å². The Bertz CT molecular complexity index is 1430. The van der Waals surface area contributed by atoms with E-state index in [1.54, 1.807) is 35.2 Å². The predicted molar refractivity (Wildman–Crippen MR) is 124 cm³/mol. The molecule has 1 fully saturated rings. The lowest BCUT2D eigenvalue weighted by molar-refractivity contribution is -0.377. The summed E-state index contributed by atoms with van der Waals surface area (Å²) in [7, 11) is -4.50. The molecule has 0 aliphatic carbocycles. The first-order valence-corrected chi connectivity index (χ1v) is 12.9. The molecule has 39 heavy (non-hydrogen) atoms. The summed E-state index contributed by atoms with van der Waals surface area (Å²) in [6.45, 7) is 0.0981. The minimum absolute atomic E-state index is 0.105. The van der Waals surface area contributed by atoms with Crippen LogP contribution in [0.15, 0.2) is 77.7 Å². The topological polar surface area (TPSA) is 57.6 Å². The molecule has 0 spiro atoms. The number of rotatable bonds is 6. The van der Waals surface area contributed by atoms with Crippen molar-refractivity contribution in [3.8, 4) is 0 Å². The third-order valence-electron chi connectivity index (χ3n) is 6.90. The molecule has 0 amide bonds. The van der Waals surface area contributed by atoms with E-state index in [0.29, 0.717) is 6.07 Å². The number of hydrogen-bond donors (Lipinski definition) is 1. The molecule has 1 aliphatic rings. The zero-order valence-corrected chi connectivity index (χ0v) is 20.7. The molecule has 0 aromatic heterocycles. The van der Waals surface area contributed by atoms with Crippen LogP contribution in [0.1, 0.15) is 23.1 Å². The molecule has 1 saturated heterocycles. The van der Waals surface area contributed by atoms with Gasteiger partial charge in [-0.3, -0.25) is 4.90 Å². The van der Waals surface area contributed by atoms with Crippen LogP contribution < -0.4 is 0 Å². The first-order valence-electron chi connectivity index (χ1n) is 11.5. The van der Waals surface area contributed by atoms with Crippen LogP contribution in [0.5, 0.6) is 0 Å². The Morgan fingerprint density at radius 1 is 0.846 bits per heavy atom. The van der Waals surface area contributed by atoms with Gasteiger partial charge in [0, 0.05) is 25.2 Å². The Hall–Kier alpha value is -3.03. The standard InChI is InChI=1S/C26H21F8NO3S/c27-19-7-9-20(10-8-19)39(37,38)23(12-13-35(16-23)15-17-4-2-1-3-5-17)18-6-11-21(22(28)14-18)24(36,25(29,30)31)26(32,33)34/h1-11,14,36H,12-13,15-16H2. The Labute approximate surface area is 218 Å². The average Bonchev–Trinajstić information content (AvgIpc) is 3.28. The molecule has 0 radical (unpaired) electrons. The fourth-order valence-electron chi connectivity index (χ4n) is 4.84. The van der Waals surface area contributed by atoms with Crippen molar-refractivity contribution in [1.29, 1.82) is 0 Å². The molecule has 1 unspecified atom stereocenters. The number of sulfone groups is 1. The molecular formula is C26H21F8NO3S. The van der Waals surface area contributed by atoms with E-state index in [1.165, 1.54) is 0 Å². The van der Waals surface area contributed by atoms with Crippen LogP contribution in [0.25, 0.3) is 0 Å². The second-order valence-electron chi connectivity index (χ2n) is 9.30. The highest BCUT2D eigenvalue weighted by Crippen LogP contribution is 2.52. The summed E-state index contributed by atoms with van der Waals surface area (Å²) in [4.78, 5) is 1.33. The zero-order chi connectivity index (χ0) is 28.9. The number of halogens is 8. The number of nitrogens with zero attached hydrogens (tertiary/aromatic N) is 1. The van der Waals surface area contributed by atoms with Gasteiger partial charge >= 0.3 is 12.4 Å². The smallest absolute Gasteiger partial charge is 0.369 e. The second kappa shape index (κ2) is 9.86. The Morgan fingerprint density at radius 2 is 1.44 bits per heavy atom. The van der Waals surface area contributed by atoms with E-state index < -0.39 is 55.3 Å². The molecule has 1 N–H and O–H groups in total. The van der Waals surface area contributed by atoms with E-state index in [4.69, 9.17) is 0 Å². The highest BCUT2D eigenvalue weighted by atomic mass is 32.2. The quantitative estimate of drug-likeness (QED) is 0.294. The van der Waals surface area contributed by atoms with Crippen molar-refractivity contribution >= 4 is 9.84 Å². The molecule has 3 aromatic carbocycles. The van der Waals surface area contributed by atoms with E-state index in [9.17, 15) is 44.3 Å². The Morgan fingerprint density at radius 3 is 1.97 bits per heavy atom. The minimum Gasteiger partial charge on any atom is -0.369 e. The van der Waals surface area contributed by atoms with Crippen molar-refractivity contribution in [1.82, 2.24) is 4.90 Å². The number of likely N-dealkylation sites (tertiary alicyclic amines) is 1. The molecule has 0 bridgehead atoms. The van der Waals surface area contributed by atoms with E-state index in [-0.39, 0.29) is 43.1 Å². The van der Waals surface area contributed by atoms with E-state index in [0.717, 1.165) is 29.8 Å². The molecule has 1 atom stereocenters. The number of benzene rings is 3. The fourth-order valence-corrected chi connectivity index (χ4v) is 6.94. The van der Waals surface area contributed by atoms with Gasteiger partial charge in [-0.2, -0.15) is 26.3 Å². The zero-order valence-electron chi connectivity index (χ0n) is 19.9. The van der Waals surface area contributed by atoms with Crippen LogP contribution in [0.2, 0.25) is 0 Å². The molecule has 1 heterocycles. The van der Waals surface area contributed by atoms with Crippen molar-refractivity contribution < 1.29 is 48.6 Å². The lowest BCUT2D eigenvalue weighted by atomic mass is 9.88. The maximum atomic E-state index is 15.1. The maximum Gasteiger partial charge on any atom is 0.430 e. The molecule has 13 heteroatoms. The van der Waals surface area contributed by atoms with Crippen molar-refractivity contribution in [3.63, 3.8) is 0 Å². The number of hydrogen-bond acceptors (Lipinski definition) is 4. The van der Waals surface area contributed by atoms with E-state index in [2.05, 4.69) is 0 Å². The van der Waals surface area contributed by atoms with Gasteiger partial charge in [-0.1, -0.05) is 42.5 Å². The summed E-state index contributed by atoms with van der Waals surface area (Å²) in [6, 6.07) is 13.6. The largest absolute Gasteiger partial charge is 0.430 e. The predicted octanol–water partition coefficient (Wildman–Crippen LogP) is 5.85. The SMILES string of the molecule is O=S(=O)(c1ccc(F)cc1)C1(c2ccc(C(O)(C(F)(F)F)C(F)(F)F)c(F)c2)CCN(Cc2ccccc2)C1. The summed E-state index contributed by atoms with van der Waals surface area (Å²) in [5.41, 5.74) is -7.25. The first-order chi connectivity index (χ1) is 18.0. The van der Waals surface area contributed by atoms with Gasteiger partial charge in [0.15, 0.2) is 9.84 Å². The molecule has 210 valence electrons. The average molecular weight is 580 g/mol. The van der Waals surface area contributed by atoms with Crippen LogP contribution in [0.4, 0.5) is 35.1 Å². The fraction of sp³-hybridized carbons (Fsp3) is 0.308. The van der Waals surface area contributed by atoms with Gasteiger partial charge in [0.1, 0.15) is 16.4 Å². The van der Waals surface area contributed by atoms with Crippen molar-refractivity contribution in [2.75, 3.05) is 13.1 Å². The summed E-state index contributed by atoms with van der Waals surface area (Å²) in [5.74, 6) is -2.83. The molecule has 4 rings (SSSR count). The van der Waals surface area contributed by atoms with Crippen molar-refractivity contribution in [3.05, 3.63) is 101 Å². The summed E-state index contributed by atoms with van der Waals surface area (Å²) in [5, 5.41) is 9.67. The number of alkyl halides is 6. The Balaban J connectivity index is 1.85. The Kier molecular flexibility index (Phi) is 7.32. The van der Waals surface area contributed by atoms with E-state index >= 15 is 4.39 Å². The van der Waals surface area contributed by atoms with Gasteiger partial charge in [0.05, 0.1) is 4.90 Å². The molecular weight excluding hydrogens is 558 g/mol. The van der Waals surface area contributed by atoms with Gasteiger partial charge in [-0.25, -0.2) is 17.2 Å². The van der Waals surface area contributed by atoms with Gasteiger partial charge in [0.25, 0.3) is 5.60 Å². The summed E-state index contributed by atoms with van der Waals surface area (Å²) < 4.78 is 135. The minimum atomic E-state index is -6.33.